The van der Waals surface area contributed by atoms with E-state index < -0.39 is 6.10 Å². The Labute approximate surface area is 61.4 Å². The summed E-state index contributed by atoms with van der Waals surface area (Å²) in [5.41, 5.74) is 0. The van der Waals surface area contributed by atoms with Gasteiger partial charge in [0.15, 0.2) is 0 Å². The molecule has 3 heteroatoms. The normalized spacial score (nSPS) is 12.5. The lowest BCUT2D eigenvalue weighted by Crippen LogP contribution is -2.28. The molecule has 0 aliphatic rings. The maximum atomic E-state index is 8.82. The van der Waals surface area contributed by atoms with Crippen LogP contribution < -0.4 is 5.32 Å². The zero-order chi connectivity index (χ0) is 7.82. The van der Waals surface area contributed by atoms with Crippen molar-refractivity contribution in [3.63, 3.8) is 0 Å². The van der Waals surface area contributed by atoms with Crippen LogP contribution in [0.25, 0.3) is 0 Å². The van der Waals surface area contributed by atoms with Gasteiger partial charge in [0.25, 0.3) is 0 Å². The van der Waals surface area contributed by atoms with Crippen LogP contribution in [0.15, 0.2) is 0 Å². The molecule has 1 atom stereocenters. The van der Waals surface area contributed by atoms with E-state index >= 15 is 0 Å². The Morgan fingerprint density at radius 3 is 3.00 bits per heavy atom. The summed E-state index contributed by atoms with van der Waals surface area (Å²) in [4.78, 5) is 0. The van der Waals surface area contributed by atoms with Gasteiger partial charge in [-0.2, -0.15) is 0 Å². The first-order valence-electron chi connectivity index (χ1n) is 3.15. The second-order valence-electron chi connectivity index (χ2n) is 1.88. The molecule has 0 amide bonds. The van der Waals surface area contributed by atoms with Crippen molar-refractivity contribution < 1.29 is 9.84 Å². The number of methoxy groups -OCH3 is 1. The average molecular weight is 143 g/mol. The van der Waals surface area contributed by atoms with Gasteiger partial charge in [-0.3, -0.25) is 0 Å². The van der Waals surface area contributed by atoms with Crippen molar-refractivity contribution in [1.29, 1.82) is 0 Å². The summed E-state index contributed by atoms with van der Waals surface area (Å²) >= 11 is 0. The van der Waals surface area contributed by atoms with E-state index in [2.05, 4.69) is 11.2 Å². The van der Waals surface area contributed by atoms with E-state index in [4.69, 9.17) is 16.3 Å². The number of aliphatic hydroxyl groups excluding tert-OH is 1. The van der Waals surface area contributed by atoms with E-state index in [1.165, 1.54) is 0 Å². The Morgan fingerprint density at radius 1 is 1.80 bits per heavy atom. The molecule has 0 aromatic heterocycles. The number of terminal acetylenes is 1. The number of hydrogen-bond acceptors (Lipinski definition) is 3. The third kappa shape index (κ3) is 5.57. The maximum absolute atomic E-state index is 8.82. The third-order valence-corrected chi connectivity index (χ3v) is 1.01. The van der Waals surface area contributed by atoms with Gasteiger partial charge in [-0.25, -0.2) is 0 Å². The second-order valence-corrected chi connectivity index (χ2v) is 1.88. The molecule has 0 saturated heterocycles. The van der Waals surface area contributed by atoms with Crippen LogP contribution in [0.4, 0.5) is 0 Å². The van der Waals surface area contributed by atoms with Gasteiger partial charge in [0.2, 0.25) is 0 Å². The molecule has 0 spiro atoms. The number of hydrogen-bond donors (Lipinski definition) is 2. The molecule has 2 N–H and O–H groups in total. The number of rotatable bonds is 5. The van der Waals surface area contributed by atoms with Crippen LogP contribution in [0.2, 0.25) is 0 Å². The molecule has 0 bridgehead atoms. The first-order valence-corrected chi connectivity index (χ1v) is 3.15. The molecule has 10 heavy (non-hydrogen) atoms. The Hall–Kier alpha value is -0.560. The average Bonchev–Trinajstić information content (AvgIpc) is 1.98. The van der Waals surface area contributed by atoms with E-state index in [1.54, 1.807) is 7.11 Å². The molecule has 58 valence electrons. The van der Waals surface area contributed by atoms with E-state index in [-0.39, 0.29) is 0 Å². The number of aliphatic hydroxyl groups is 1. The molecule has 0 aromatic carbocycles. The molecular formula is C7H13NO2. The van der Waals surface area contributed by atoms with Crippen LogP contribution in [0, 0.1) is 12.3 Å². The topological polar surface area (TPSA) is 41.5 Å². The highest BCUT2D eigenvalue weighted by Gasteiger charge is 1.94. The van der Waals surface area contributed by atoms with Gasteiger partial charge >= 0.3 is 0 Å². The van der Waals surface area contributed by atoms with Crippen molar-refractivity contribution in [2.45, 2.75) is 6.10 Å². The smallest absolute Gasteiger partial charge is 0.126 e. The fourth-order valence-corrected chi connectivity index (χ4v) is 0.472. The summed E-state index contributed by atoms with van der Waals surface area (Å²) in [6.45, 7) is 1.78. The van der Waals surface area contributed by atoms with Gasteiger partial charge in [0.05, 0.1) is 6.61 Å². The number of nitrogens with one attached hydrogen (secondary N) is 1. The van der Waals surface area contributed by atoms with Gasteiger partial charge in [0.1, 0.15) is 6.10 Å². The molecule has 0 rings (SSSR count). The predicted molar refractivity (Wildman–Crippen MR) is 39.6 cm³/mol. The second kappa shape index (κ2) is 6.56. The predicted octanol–water partition coefficient (Wildman–Crippen LogP) is -0.784. The maximum Gasteiger partial charge on any atom is 0.126 e. The number of ether oxygens (including phenoxy) is 1. The van der Waals surface area contributed by atoms with Crippen LogP contribution in [-0.4, -0.2) is 38.0 Å². The summed E-state index contributed by atoms with van der Waals surface area (Å²) in [5, 5.41) is 11.7. The summed E-state index contributed by atoms with van der Waals surface area (Å²) in [6.07, 6.45) is 4.23. The molecule has 0 aliphatic heterocycles. The Kier molecular flexibility index (Phi) is 6.19. The first-order chi connectivity index (χ1) is 4.81. The largest absolute Gasteiger partial charge is 0.383 e. The minimum Gasteiger partial charge on any atom is -0.383 e. The molecule has 0 aromatic rings. The van der Waals surface area contributed by atoms with Crippen LogP contribution in [0.3, 0.4) is 0 Å². The minimum atomic E-state index is -0.683. The molecule has 3 nitrogen and oxygen atoms in total. The van der Waals surface area contributed by atoms with Crippen molar-refractivity contribution in [3.05, 3.63) is 0 Å². The standard InChI is InChI=1S/C7H13NO2/c1-3-7(9)6-8-4-5-10-2/h1,7-9H,4-6H2,2H3. The highest BCUT2D eigenvalue weighted by molar-refractivity contribution is 4.94. The van der Waals surface area contributed by atoms with Crippen molar-refractivity contribution in [2.75, 3.05) is 26.8 Å². The van der Waals surface area contributed by atoms with Crippen LogP contribution in [0.5, 0.6) is 0 Å². The lowest BCUT2D eigenvalue weighted by Gasteiger charge is -2.04. The van der Waals surface area contributed by atoms with Crippen molar-refractivity contribution in [3.8, 4) is 12.3 Å². The van der Waals surface area contributed by atoms with Gasteiger partial charge in [0, 0.05) is 20.2 Å². The van der Waals surface area contributed by atoms with Gasteiger partial charge in [-0.05, 0) is 0 Å². The highest BCUT2D eigenvalue weighted by atomic mass is 16.5. The molecule has 0 heterocycles. The van der Waals surface area contributed by atoms with Gasteiger partial charge in [-0.15, -0.1) is 6.42 Å². The lowest BCUT2D eigenvalue weighted by atomic mass is 10.4. The summed E-state index contributed by atoms with van der Waals surface area (Å²) in [5.74, 6) is 2.19. The monoisotopic (exact) mass is 143 g/mol. The third-order valence-electron chi connectivity index (χ3n) is 1.01. The molecular weight excluding hydrogens is 130 g/mol. The van der Waals surface area contributed by atoms with E-state index in [0.717, 1.165) is 6.54 Å². The van der Waals surface area contributed by atoms with E-state index in [1.807, 2.05) is 0 Å². The summed E-state index contributed by atoms with van der Waals surface area (Å²) < 4.78 is 4.76. The quantitative estimate of drug-likeness (QED) is 0.392. The molecule has 0 fully saturated rings. The zero-order valence-electron chi connectivity index (χ0n) is 6.13. The lowest BCUT2D eigenvalue weighted by molar-refractivity contribution is 0.187. The van der Waals surface area contributed by atoms with Crippen molar-refractivity contribution in [2.24, 2.45) is 0 Å². The first kappa shape index (κ1) is 9.44. The van der Waals surface area contributed by atoms with Crippen LogP contribution >= 0.6 is 0 Å². The van der Waals surface area contributed by atoms with Crippen LogP contribution in [0.1, 0.15) is 0 Å². The zero-order valence-corrected chi connectivity index (χ0v) is 6.13. The molecule has 1 unspecified atom stereocenters. The highest BCUT2D eigenvalue weighted by Crippen LogP contribution is 1.74. The minimum absolute atomic E-state index is 0.430. The van der Waals surface area contributed by atoms with E-state index in [0.29, 0.717) is 13.2 Å². The summed E-state index contributed by atoms with van der Waals surface area (Å²) in [7, 11) is 1.62. The Balaban J connectivity index is 2.98. The van der Waals surface area contributed by atoms with Crippen LogP contribution in [-0.2, 0) is 4.74 Å². The van der Waals surface area contributed by atoms with E-state index in [9.17, 15) is 0 Å². The van der Waals surface area contributed by atoms with Crippen molar-refractivity contribution >= 4 is 0 Å². The fourth-order valence-electron chi connectivity index (χ4n) is 0.472. The summed E-state index contributed by atoms with van der Waals surface area (Å²) in [6, 6.07) is 0. The van der Waals surface area contributed by atoms with Crippen molar-refractivity contribution in [1.82, 2.24) is 5.32 Å². The Bertz CT molecular complexity index is 109. The SMILES string of the molecule is C#CC(O)CNCCOC. The molecule has 0 aliphatic carbocycles. The fraction of sp³-hybridized carbons (Fsp3) is 0.714. The van der Waals surface area contributed by atoms with Gasteiger partial charge in [-0.1, -0.05) is 5.92 Å². The van der Waals surface area contributed by atoms with Gasteiger partial charge < -0.3 is 15.2 Å². The molecule has 0 radical (unpaired) electrons. The molecule has 0 saturated carbocycles. The Morgan fingerprint density at radius 2 is 2.50 bits per heavy atom.